The van der Waals surface area contributed by atoms with Crippen LogP contribution in [0.4, 0.5) is 0 Å². The molecule has 0 radical (unpaired) electrons. The molecule has 4 heteroatoms. The molecule has 1 aliphatic heterocycles. The summed E-state index contributed by atoms with van der Waals surface area (Å²) >= 11 is 0. The van der Waals surface area contributed by atoms with Crippen LogP contribution in [0.25, 0.3) is 0 Å². The molecule has 2 aromatic carbocycles. The van der Waals surface area contributed by atoms with Crippen LogP contribution in [0.2, 0.25) is 0 Å². The average molecular weight is 270 g/mol. The molecule has 1 aliphatic rings. The summed E-state index contributed by atoms with van der Waals surface area (Å²) in [6.07, 6.45) is 0.787. The molecule has 1 heterocycles. The van der Waals surface area contributed by atoms with E-state index in [1.54, 1.807) is 12.1 Å². The van der Waals surface area contributed by atoms with Crippen LogP contribution in [0.5, 0.6) is 11.5 Å². The first-order valence-electron chi connectivity index (χ1n) is 6.43. The zero-order chi connectivity index (χ0) is 13.9. The SMILES string of the molecule is O=C(O)c1cccc(OCC2Cc3ccccc3O2)c1. The minimum absolute atomic E-state index is 0.0270. The van der Waals surface area contributed by atoms with Crippen LogP contribution in [-0.2, 0) is 6.42 Å². The monoisotopic (exact) mass is 270 g/mol. The molecule has 0 spiro atoms. The quantitative estimate of drug-likeness (QED) is 0.928. The number of aromatic carboxylic acids is 1. The Morgan fingerprint density at radius 2 is 2.10 bits per heavy atom. The van der Waals surface area contributed by atoms with E-state index in [0.29, 0.717) is 12.4 Å². The highest BCUT2D eigenvalue weighted by Gasteiger charge is 2.22. The Labute approximate surface area is 116 Å². The van der Waals surface area contributed by atoms with Gasteiger partial charge in [-0.1, -0.05) is 24.3 Å². The van der Waals surface area contributed by atoms with Gasteiger partial charge in [0.25, 0.3) is 0 Å². The van der Waals surface area contributed by atoms with E-state index in [4.69, 9.17) is 14.6 Å². The van der Waals surface area contributed by atoms with Crippen molar-refractivity contribution in [1.29, 1.82) is 0 Å². The number of rotatable bonds is 4. The summed E-state index contributed by atoms with van der Waals surface area (Å²) < 4.78 is 11.4. The lowest BCUT2D eigenvalue weighted by molar-refractivity contribution is 0.0696. The van der Waals surface area contributed by atoms with Gasteiger partial charge in [-0.15, -0.1) is 0 Å². The fraction of sp³-hybridized carbons (Fsp3) is 0.188. The first-order valence-corrected chi connectivity index (χ1v) is 6.43. The Morgan fingerprint density at radius 3 is 2.90 bits per heavy atom. The summed E-state index contributed by atoms with van der Waals surface area (Å²) in [6, 6.07) is 14.4. The number of carboxylic acids is 1. The van der Waals surface area contributed by atoms with E-state index in [9.17, 15) is 4.79 Å². The molecular weight excluding hydrogens is 256 g/mol. The van der Waals surface area contributed by atoms with Crippen molar-refractivity contribution in [2.24, 2.45) is 0 Å². The number of ether oxygens (including phenoxy) is 2. The molecule has 0 amide bonds. The molecule has 0 bridgehead atoms. The lowest BCUT2D eigenvalue weighted by Crippen LogP contribution is -2.22. The van der Waals surface area contributed by atoms with Crippen molar-refractivity contribution in [2.45, 2.75) is 12.5 Å². The van der Waals surface area contributed by atoms with Crippen LogP contribution in [0.3, 0.4) is 0 Å². The van der Waals surface area contributed by atoms with E-state index >= 15 is 0 Å². The van der Waals surface area contributed by atoms with Gasteiger partial charge in [-0.2, -0.15) is 0 Å². The Balaban J connectivity index is 1.61. The normalized spacial score (nSPS) is 16.3. The third kappa shape index (κ3) is 2.59. The number of para-hydroxylation sites is 1. The van der Waals surface area contributed by atoms with Gasteiger partial charge in [-0.05, 0) is 29.8 Å². The van der Waals surface area contributed by atoms with Crippen LogP contribution >= 0.6 is 0 Å². The highest BCUT2D eigenvalue weighted by atomic mass is 16.5. The predicted molar refractivity (Wildman–Crippen MR) is 73.5 cm³/mol. The van der Waals surface area contributed by atoms with Crippen molar-refractivity contribution < 1.29 is 19.4 Å². The van der Waals surface area contributed by atoms with Gasteiger partial charge in [0, 0.05) is 6.42 Å². The second-order valence-corrected chi connectivity index (χ2v) is 4.70. The fourth-order valence-electron chi connectivity index (χ4n) is 2.25. The summed E-state index contributed by atoms with van der Waals surface area (Å²) in [4.78, 5) is 10.9. The van der Waals surface area contributed by atoms with Crippen LogP contribution in [-0.4, -0.2) is 23.8 Å². The average Bonchev–Trinajstić information content (AvgIpc) is 2.88. The first-order chi connectivity index (χ1) is 9.72. The largest absolute Gasteiger partial charge is 0.490 e. The third-order valence-electron chi connectivity index (χ3n) is 3.23. The summed E-state index contributed by atoms with van der Waals surface area (Å²) in [5.41, 5.74) is 1.40. The van der Waals surface area contributed by atoms with Crippen molar-refractivity contribution in [3.63, 3.8) is 0 Å². The molecule has 0 saturated heterocycles. The number of fused-ring (bicyclic) bond motifs is 1. The van der Waals surface area contributed by atoms with Gasteiger partial charge in [0.15, 0.2) is 0 Å². The maximum absolute atomic E-state index is 10.9. The number of hydrogen-bond donors (Lipinski definition) is 1. The Hall–Kier alpha value is -2.49. The number of benzene rings is 2. The molecule has 2 aromatic rings. The molecule has 20 heavy (non-hydrogen) atoms. The fourth-order valence-corrected chi connectivity index (χ4v) is 2.25. The molecule has 102 valence electrons. The zero-order valence-corrected chi connectivity index (χ0v) is 10.8. The molecule has 0 fully saturated rings. The minimum atomic E-state index is -0.958. The van der Waals surface area contributed by atoms with Crippen LogP contribution < -0.4 is 9.47 Å². The molecule has 3 rings (SSSR count). The maximum atomic E-state index is 10.9. The van der Waals surface area contributed by atoms with E-state index in [1.165, 1.54) is 17.7 Å². The van der Waals surface area contributed by atoms with Gasteiger partial charge in [-0.3, -0.25) is 0 Å². The summed E-state index contributed by atoms with van der Waals surface area (Å²) in [5.74, 6) is 0.491. The summed E-state index contributed by atoms with van der Waals surface area (Å²) in [7, 11) is 0. The van der Waals surface area contributed by atoms with E-state index in [2.05, 4.69) is 0 Å². The van der Waals surface area contributed by atoms with Gasteiger partial charge in [0.2, 0.25) is 0 Å². The Kier molecular flexibility index (Phi) is 3.29. The second-order valence-electron chi connectivity index (χ2n) is 4.70. The molecule has 1 unspecified atom stereocenters. The van der Waals surface area contributed by atoms with Gasteiger partial charge in [0.1, 0.15) is 24.2 Å². The number of carboxylic acid groups (broad SMARTS) is 1. The Morgan fingerprint density at radius 1 is 1.25 bits per heavy atom. The first kappa shape index (κ1) is 12.5. The van der Waals surface area contributed by atoms with Gasteiger partial charge in [-0.25, -0.2) is 4.79 Å². The number of carbonyl (C=O) groups is 1. The maximum Gasteiger partial charge on any atom is 0.335 e. The molecule has 1 N–H and O–H groups in total. The van der Waals surface area contributed by atoms with E-state index < -0.39 is 5.97 Å². The highest BCUT2D eigenvalue weighted by molar-refractivity contribution is 5.87. The van der Waals surface area contributed by atoms with Crippen molar-refractivity contribution in [3.8, 4) is 11.5 Å². The van der Waals surface area contributed by atoms with Crippen LogP contribution in [0.15, 0.2) is 48.5 Å². The van der Waals surface area contributed by atoms with Crippen LogP contribution in [0.1, 0.15) is 15.9 Å². The van der Waals surface area contributed by atoms with Gasteiger partial charge >= 0.3 is 5.97 Å². The standard InChI is InChI=1S/C16H14O4/c17-16(18)12-5-3-6-13(9-12)19-10-14-8-11-4-1-2-7-15(11)20-14/h1-7,9,14H,8,10H2,(H,17,18). The van der Waals surface area contributed by atoms with E-state index in [-0.39, 0.29) is 11.7 Å². The second kappa shape index (κ2) is 5.25. The minimum Gasteiger partial charge on any atom is -0.490 e. The molecular formula is C16H14O4. The van der Waals surface area contributed by atoms with E-state index in [1.807, 2.05) is 24.3 Å². The zero-order valence-electron chi connectivity index (χ0n) is 10.8. The smallest absolute Gasteiger partial charge is 0.335 e. The summed E-state index contributed by atoms with van der Waals surface area (Å²) in [5, 5.41) is 8.93. The molecule has 1 atom stereocenters. The summed E-state index contributed by atoms with van der Waals surface area (Å²) in [6.45, 7) is 0.401. The lowest BCUT2D eigenvalue weighted by atomic mass is 10.1. The molecule has 4 nitrogen and oxygen atoms in total. The molecule has 0 aromatic heterocycles. The van der Waals surface area contributed by atoms with E-state index in [0.717, 1.165) is 12.2 Å². The lowest BCUT2D eigenvalue weighted by Gasteiger charge is -2.12. The third-order valence-corrected chi connectivity index (χ3v) is 3.23. The van der Waals surface area contributed by atoms with Crippen molar-refractivity contribution >= 4 is 5.97 Å². The topological polar surface area (TPSA) is 55.8 Å². The van der Waals surface area contributed by atoms with Gasteiger partial charge < -0.3 is 14.6 Å². The molecule has 0 aliphatic carbocycles. The predicted octanol–water partition coefficient (Wildman–Crippen LogP) is 2.77. The van der Waals surface area contributed by atoms with Gasteiger partial charge in [0.05, 0.1) is 5.56 Å². The number of hydrogen-bond acceptors (Lipinski definition) is 3. The van der Waals surface area contributed by atoms with Crippen molar-refractivity contribution in [1.82, 2.24) is 0 Å². The van der Waals surface area contributed by atoms with Crippen molar-refractivity contribution in [3.05, 3.63) is 59.7 Å². The van der Waals surface area contributed by atoms with Crippen molar-refractivity contribution in [2.75, 3.05) is 6.61 Å². The molecule has 0 saturated carbocycles. The van der Waals surface area contributed by atoms with Crippen LogP contribution in [0, 0.1) is 0 Å². The highest BCUT2D eigenvalue weighted by Crippen LogP contribution is 2.28. The Bertz CT molecular complexity index is 611.